The first kappa shape index (κ1) is 18.5. The average Bonchev–Trinajstić information content (AvgIpc) is 2.63. The zero-order valence-corrected chi connectivity index (χ0v) is 15.6. The van der Waals surface area contributed by atoms with E-state index in [1.54, 1.807) is 57.2 Å². The molecule has 1 aromatic heterocycles. The monoisotopic (exact) mass is 370 g/mol. The molecule has 3 N–H and O–H groups in total. The number of pyridine rings is 1. The van der Waals surface area contributed by atoms with E-state index in [9.17, 15) is 9.59 Å². The number of nitrogens with two attached hydrogens (primary N) is 1. The van der Waals surface area contributed by atoms with Crippen molar-refractivity contribution in [2.75, 3.05) is 23.1 Å². The number of anilines is 3. The van der Waals surface area contributed by atoms with Crippen LogP contribution < -0.4 is 25.4 Å². The van der Waals surface area contributed by atoms with Crippen molar-refractivity contribution in [2.45, 2.75) is 32.4 Å². The number of carbonyl (C=O) groups excluding carboxylic acids is 2. The highest BCUT2D eigenvalue weighted by molar-refractivity contribution is 6.09. The van der Waals surface area contributed by atoms with Crippen molar-refractivity contribution in [3.8, 4) is 11.5 Å². The molecule has 0 saturated carbocycles. The van der Waals surface area contributed by atoms with E-state index in [0.717, 1.165) is 0 Å². The SMILES string of the molecule is COc1ccccc1NC(=O)C(C)N1C(=O)C(C)(C)Oc2ccc(N)nc21. The van der Waals surface area contributed by atoms with Crippen LogP contribution in [-0.4, -0.2) is 35.6 Å². The molecule has 2 amide bonds. The Hall–Kier alpha value is -3.29. The third-order valence-electron chi connectivity index (χ3n) is 4.32. The van der Waals surface area contributed by atoms with Crippen molar-refractivity contribution in [1.82, 2.24) is 4.98 Å². The number of nitrogens with zero attached hydrogens (tertiary/aromatic N) is 2. The molecule has 1 aliphatic rings. The number of benzene rings is 1. The molecule has 0 fully saturated rings. The van der Waals surface area contributed by atoms with Gasteiger partial charge in [-0.1, -0.05) is 12.1 Å². The van der Waals surface area contributed by atoms with E-state index in [4.69, 9.17) is 15.2 Å². The summed E-state index contributed by atoms with van der Waals surface area (Å²) in [6, 6.07) is 9.42. The number of ether oxygens (including phenoxy) is 2. The number of carbonyl (C=O) groups is 2. The summed E-state index contributed by atoms with van der Waals surface area (Å²) in [4.78, 5) is 31.4. The number of amides is 2. The maximum absolute atomic E-state index is 13.0. The fourth-order valence-electron chi connectivity index (χ4n) is 2.87. The molecule has 0 bridgehead atoms. The number of hydrogen-bond acceptors (Lipinski definition) is 6. The summed E-state index contributed by atoms with van der Waals surface area (Å²) >= 11 is 0. The Kier molecular flexibility index (Phi) is 4.65. The lowest BCUT2D eigenvalue weighted by Gasteiger charge is -2.40. The summed E-state index contributed by atoms with van der Waals surface area (Å²) in [5, 5.41) is 2.79. The van der Waals surface area contributed by atoms with Gasteiger partial charge in [-0.25, -0.2) is 4.98 Å². The van der Waals surface area contributed by atoms with Gasteiger partial charge in [0, 0.05) is 0 Å². The second kappa shape index (κ2) is 6.79. The van der Waals surface area contributed by atoms with E-state index < -0.39 is 11.6 Å². The molecule has 2 heterocycles. The second-order valence-corrected chi connectivity index (χ2v) is 6.71. The van der Waals surface area contributed by atoms with E-state index in [-0.39, 0.29) is 23.5 Å². The fourth-order valence-corrected chi connectivity index (χ4v) is 2.87. The summed E-state index contributed by atoms with van der Waals surface area (Å²) in [6.07, 6.45) is 0. The Bertz CT molecular complexity index is 897. The number of rotatable bonds is 4. The third-order valence-corrected chi connectivity index (χ3v) is 4.32. The van der Waals surface area contributed by atoms with Gasteiger partial charge in [-0.15, -0.1) is 0 Å². The van der Waals surface area contributed by atoms with Crippen LogP contribution in [0.5, 0.6) is 11.5 Å². The number of nitrogen functional groups attached to an aromatic ring is 1. The number of hydrogen-bond donors (Lipinski definition) is 2. The van der Waals surface area contributed by atoms with Crippen molar-refractivity contribution < 1.29 is 19.1 Å². The molecule has 1 unspecified atom stereocenters. The van der Waals surface area contributed by atoms with Gasteiger partial charge in [0.05, 0.1) is 12.8 Å². The summed E-state index contributed by atoms with van der Waals surface area (Å²) in [7, 11) is 1.52. The molecule has 8 nitrogen and oxygen atoms in total. The van der Waals surface area contributed by atoms with Crippen LogP contribution in [0.4, 0.5) is 17.3 Å². The zero-order valence-electron chi connectivity index (χ0n) is 15.6. The molecule has 27 heavy (non-hydrogen) atoms. The van der Waals surface area contributed by atoms with Crippen LogP contribution in [0.1, 0.15) is 20.8 Å². The lowest BCUT2D eigenvalue weighted by Crippen LogP contribution is -2.58. The van der Waals surface area contributed by atoms with Gasteiger partial charge in [0.2, 0.25) is 5.91 Å². The van der Waals surface area contributed by atoms with Gasteiger partial charge < -0.3 is 20.5 Å². The molecule has 0 radical (unpaired) electrons. The van der Waals surface area contributed by atoms with Gasteiger partial charge in [0.25, 0.3) is 5.91 Å². The minimum absolute atomic E-state index is 0.224. The first-order valence-electron chi connectivity index (χ1n) is 8.47. The Morgan fingerprint density at radius 3 is 2.70 bits per heavy atom. The maximum atomic E-state index is 13.0. The van der Waals surface area contributed by atoms with Crippen LogP contribution in [0.25, 0.3) is 0 Å². The standard InChI is InChI=1S/C19H22N4O4/c1-11(17(24)21-12-7-5-6-8-13(12)26-4)23-16-14(9-10-15(20)22-16)27-19(2,3)18(23)25/h5-11H,1-4H3,(H2,20,22)(H,21,24). The quantitative estimate of drug-likeness (QED) is 0.854. The predicted octanol–water partition coefficient (Wildman–Crippen LogP) is 2.20. The number of para-hydroxylation sites is 2. The van der Waals surface area contributed by atoms with Crippen LogP contribution in [0.2, 0.25) is 0 Å². The molecule has 8 heteroatoms. The molecule has 3 rings (SSSR count). The Balaban J connectivity index is 1.95. The number of nitrogens with one attached hydrogen (secondary N) is 1. The van der Waals surface area contributed by atoms with E-state index >= 15 is 0 Å². The smallest absolute Gasteiger partial charge is 0.272 e. The highest BCUT2D eigenvalue weighted by Gasteiger charge is 2.45. The lowest BCUT2D eigenvalue weighted by atomic mass is 10.0. The van der Waals surface area contributed by atoms with Crippen LogP contribution in [0.3, 0.4) is 0 Å². The van der Waals surface area contributed by atoms with Crippen molar-refractivity contribution in [3.63, 3.8) is 0 Å². The van der Waals surface area contributed by atoms with E-state index in [1.807, 2.05) is 0 Å². The van der Waals surface area contributed by atoms with E-state index in [1.165, 1.54) is 12.0 Å². The normalized spacial score (nSPS) is 16.1. The third kappa shape index (κ3) is 3.38. The number of methoxy groups -OCH3 is 1. The molecule has 1 aliphatic heterocycles. The van der Waals surface area contributed by atoms with Crippen molar-refractivity contribution in [1.29, 1.82) is 0 Å². The van der Waals surface area contributed by atoms with Crippen molar-refractivity contribution >= 4 is 29.1 Å². The summed E-state index contributed by atoms with van der Waals surface area (Å²) in [6.45, 7) is 4.91. The van der Waals surface area contributed by atoms with Gasteiger partial charge in [-0.2, -0.15) is 0 Å². The molecule has 2 aromatic rings. The first-order valence-corrected chi connectivity index (χ1v) is 8.47. The van der Waals surface area contributed by atoms with Crippen LogP contribution >= 0.6 is 0 Å². The topological polar surface area (TPSA) is 107 Å². The van der Waals surface area contributed by atoms with Gasteiger partial charge in [0.15, 0.2) is 17.2 Å². The van der Waals surface area contributed by atoms with Gasteiger partial charge >= 0.3 is 0 Å². The summed E-state index contributed by atoms with van der Waals surface area (Å²) < 4.78 is 11.0. The molecule has 0 spiro atoms. The molecule has 1 aromatic carbocycles. The second-order valence-electron chi connectivity index (χ2n) is 6.71. The Morgan fingerprint density at radius 2 is 2.00 bits per heavy atom. The lowest BCUT2D eigenvalue weighted by molar-refractivity contribution is -0.134. The molecular weight excluding hydrogens is 348 g/mol. The minimum Gasteiger partial charge on any atom is -0.495 e. The molecular formula is C19H22N4O4. The molecule has 142 valence electrons. The first-order chi connectivity index (χ1) is 12.7. The molecule has 1 atom stereocenters. The highest BCUT2D eigenvalue weighted by Crippen LogP contribution is 2.38. The summed E-state index contributed by atoms with van der Waals surface area (Å²) in [5.41, 5.74) is 5.15. The summed E-state index contributed by atoms with van der Waals surface area (Å²) in [5.74, 6) is 0.603. The van der Waals surface area contributed by atoms with Crippen molar-refractivity contribution in [3.05, 3.63) is 36.4 Å². The van der Waals surface area contributed by atoms with Crippen molar-refractivity contribution in [2.24, 2.45) is 0 Å². The molecule has 0 saturated heterocycles. The number of fused-ring (bicyclic) bond motifs is 1. The van der Waals surface area contributed by atoms with E-state index in [2.05, 4.69) is 10.3 Å². The zero-order chi connectivity index (χ0) is 19.8. The van der Waals surface area contributed by atoms with Gasteiger partial charge in [-0.3, -0.25) is 14.5 Å². The van der Waals surface area contributed by atoms with Crippen LogP contribution in [0.15, 0.2) is 36.4 Å². The van der Waals surface area contributed by atoms with Crippen LogP contribution in [0, 0.1) is 0 Å². The molecule has 0 aliphatic carbocycles. The van der Waals surface area contributed by atoms with Crippen LogP contribution in [-0.2, 0) is 9.59 Å². The fraction of sp³-hybridized carbons (Fsp3) is 0.316. The van der Waals surface area contributed by atoms with Gasteiger partial charge in [-0.05, 0) is 45.0 Å². The highest BCUT2D eigenvalue weighted by atomic mass is 16.5. The maximum Gasteiger partial charge on any atom is 0.272 e. The van der Waals surface area contributed by atoms with Gasteiger partial charge in [0.1, 0.15) is 17.6 Å². The Morgan fingerprint density at radius 1 is 1.30 bits per heavy atom. The Labute approximate surface area is 157 Å². The minimum atomic E-state index is -1.14. The largest absolute Gasteiger partial charge is 0.495 e. The van der Waals surface area contributed by atoms with E-state index in [0.29, 0.717) is 17.2 Å². The average molecular weight is 370 g/mol. The predicted molar refractivity (Wildman–Crippen MR) is 102 cm³/mol. The number of aromatic nitrogens is 1.